The minimum Gasteiger partial charge on any atom is -0.341 e. The summed E-state index contributed by atoms with van der Waals surface area (Å²) in [5.41, 5.74) is 0.945. The number of nitrogens with zero attached hydrogens (tertiary/aromatic N) is 2. The second kappa shape index (κ2) is 5.31. The summed E-state index contributed by atoms with van der Waals surface area (Å²) in [7, 11) is 0. The molecule has 3 rings (SSSR count). The van der Waals surface area contributed by atoms with Gasteiger partial charge in [0, 0.05) is 19.5 Å². The van der Waals surface area contributed by atoms with E-state index in [-0.39, 0.29) is 29.6 Å². The Hall–Kier alpha value is -2.17. The van der Waals surface area contributed by atoms with E-state index in [4.69, 9.17) is 0 Å². The van der Waals surface area contributed by atoms with Crippen molar-refractivity contribution in [3.63, 3.8) is 0 Å². The van der Waals surface area contributed by atoms with E-state index in [9.17, 15) is 14.4 Å². The summed E-state index contributed by atoms with van der Waals surface area (Å²) >= 11 is 0. The van der Waals surface area contributed by atoms with E-state index in [1.807, 2.05) is 30.3 Å². The molecule has 5 heteroatoms. The molecule has 1 aromatic rings. The molecule has 5 nitrogen and oxygen atoms in total. The fraction of sp³-hybridized carbons (Fsp3) is 0.438. The number of carbonyl (C=O) groups excluding carboxylic acids is 3. The Labute approximate surface area is 123 Å². The SMILES string of the molecule is CCC(=O)N1CC2C(=O)N(Cc3ccccc3)C(=O)C2C1. The summed E-state index contributed by atoms with van der Waals surface area (Å²) in [6, 6.07) is 9.49. The highest BCUT2D eigenvalue weighted by molar-refractivity contribution is 6.06. The zero-order chi connectivity index (χ0) is 15.0. The van der Waals surface area contributed by atoms with E-state index in [0.717, 1.165) is 5.56 Å². The van der Waals surface area contributed by atoms with E-state index >= 15 is 0 Å². The summed E-state index contributed by atoms with van der Waals surface area (Å²) < 4.78 is 0. The molecule has 2 unspecified atom stereocenters. The first kappa shape index (κ1) is 13.8. The van der Waals surface area contributed by atoms with Crippen LogP contribution in [0.4, 0.5) is 0 Å². The van der Waals surface area contributed by atoms with Crippen LogP contribution in [0.5, 0.6) is 0 Å². The lowest BCUT2D eigenvalue weighted by molar-refractivity contribution is -0.141. The zero-order valence-electron chi connectivity index (χ0n) is 12.0. The quantitative estimate of drug-likeness (QED) is 0.780. The molecule has 0 bridgehead atoms. The fourth-order valence-corrected chi connectivity index (χ4v) is 3.16. The molecular weight excluding hydrogens is 268 g/mol. The van der Waals surface area contributed by atoms with Gasteiger partial charge in [0.25, 0.3) is 0 Å². The summed E-state index contributed by atoms with van der Waals surface area (Å²) in [6.45, 7) is 2.88. The third-order valence-corrected chi connectivity index (χ3v) is 4.32. The van der Waals surface area contributed by atoms with Crippen LogP contribution < -0.4 is 0 Å². The minimum absolute atomic E-state index is 0.0135. The van der Waals surface area contributed by atoms with Crippen LogP contribution in [-0.4, -0.2) is 40.6 Å². The predicted octanol–water partition coefficient (Wildman–Crippen LogP) is 1.04. The van der Waals surface area contributed by atoms with Crippen LogP contribution in [0.2, 0.25) is 0 Å². The lowest BCUT2D eigenvalue weighted by Crippen LogP contribution is -2.37. The van der Waals surface area contributed by atoms with Crippen molar-refractivity contribution in [2.24, 2.45) is 11.8 Å². The highest BCUT2D eigenvalue weighted by Crippen LogP contribution is 2.34. The maximum Gasteiger partial charge on any atom is 0.235 e. The average molecular weight is 286 g/mol. The molecule has 3 amide bonds. The van der Waals surface area contributed by atoms with E-state index in [1.54, 1.807) is 11.8 Å². The molecule has 2 fully saturated rings. The van der Waals surface area contributed by atoms with Gasteiger partial charge in [0.05, 0.1) is 18.4 Å². The maximum atomic E-state index is 12.4. The molecule has 2 heterocycles. The highest BCUT2D eigenvalue weighted by Gasteiger charge is 2.52. The Morgan fingerprint density at radius 2 is 1.67 bits per heavy atom. The number of likely N-dealkylation sites (tertiary alicyclic amines) is 2. The molecule has 0 aliphatic carbocycles. The van der Waals surface area contributed by atoms with E-state index < -0.39 is 0 Å². The molecule has 2 aliphatic rings. The van der Waals surface area contributed by atoms with E-state index in [2.05, 4.69) is 0 Å². The Kier molecular flexibility index (Phi) is 3.49. The van der Waals surface area contributed by atoms with Gasteiger partial charge in [-0.05, 0) is 5.56 Å². The van der Waals surface area contributed by atoms with Gasteiger partial charge >= 0.3 is 0 Å². The smallest absolute Gasteiger partial charge is 0.235 e. The predicted molar refractivity (Wildman–Crippen MR) is 75.9 cm³/mol. The molecular formula is C16H18N2O3. The van der Waals surface area contributed by atoms with Crippen LogP contribution >= 0.6 is 0 Å². The molecule has 0 N–H and O–H groups in total. The fourth-order valence-electron chi connectivity index (χ4n) is 3.16. The van der Waals surface area contributed by atoms with Crippen LogP contribution in [0.15, 0.2) is 30.3 Å². The molecule has 2 saturated heterocycles. The number of amides is 3. The van der Waals surface area contributed by atoms with Crippen molar-refractivity contribution < 1.29 is 14.4 Å². The first-order valence-corrected chi connectivity index (χ1v) is 7.28. The van der Waals surface area contributed by atoms with E-state index in [1.165, 1.54) is 4.90 Å². The van der Waals surface area contributed by atoms with Crippen molar-refractivity contribution in [2.45, 2.75) is 19.9 Å². The normalized spacial score (nSPS) is 24.6. The molecule has 2 atom stereocenters. The maximum absolute atomic E-state index is 12.4. The zero-order valence-corrected chi connectivity index (χ0v) is 12.0. The number of rotatable bonds is 3. The van der Waals surface area contributed by atoms with Crippen LogP contribution in [0, 0.1) is 11.8 Å². The Balaban J connectivity index is 1.74. The van der Waals surface area contributed by atoms with Crippen LogP contribution in [0.1, 0.15) is 18.9 Å². The largest absolute Gasteiger partial charge is 0.341 e. The molecule has 0 radical (unpaired) electrons. The average Bonchev–Trinajstić information content (AvgIpc) is 3.04. The molecule has 2 aliphatic heterocycles. The van der Waals surface area contributed by atoms with Crippen LogP contribution in [0.25, 0.3) is 0 Å². The van der Waals surface area contributed by atoms with E-state index in [0.29, 0.717) is 26.1 Å². The monoisotopic (exact) mass is 286 g/mol. The second-order valence-electron chi connectivity index (χ2n) is 5.61. The molecule has 1 aromatic carbocycles. The van der Waals surface area contributed by atoms with Crippen LogP contribution in [-0.2, 0) is 20.9 Å². The van der Waals surface area contributed by atoms with Crippen LogP contribution in [0.3, 0.4) is 0 Å². The molecule has 0 spiro atoms. The van der Waals surface area contributed by atoms with Crippen molar-refractivity contribution in [1.82, 2.24) is 9.80 Å². The number of hydrogen-bond donors (Lipinski definition) is 0. The molecule has 110 valence electrons. The number of imide groups is 1. The summed E-state index contributed by atoms with van der Waals surface area (Å²) in [6.07, 6.45) is 0.412. The van der Waals surface area contributed by atoms with Crippen molar-refractivity contribution >= 4 is 17.7 Å². The van der Waals surface area contributed by atoms with Gasteiger partial charge in [-0.1, -0.05) is 37.3 Å². The van der Waals surface area contributed by atoms with Crippen molar-refractivity contribution in [3.8, 4) is 0 Å². The van der Waals surface area contributed by atoms with Gasteiger partial charge in [0.2, 0.25) is 17.7 Å². The number of carbonyl (C=O) groups is 3. The summed E-state index contributed by atoms with van der Waals surface area (Å²) in [5.74, 6) is -0.964. The van der Waals surface area contributed by atoms with Gasteiger partial charge in [-0.15, -0.1) is 0 Å². The van der Waals surface area contributed by atoms with Gasteiger partial charge in [-0.2, -0.15) is 0 Å². The number of benzene rings is 1. The van der Waals surface area contributed by atoms with Gasteiger partial charge in [-0.25, -0.2) is 0 Å². The lowest BCUT2D eigenvalue weighted by atomic mass is 10.00. The molecule has 0 aromatic heterocycles. The Morgan fingerprint density at radius 3 is 2.19 bits per heavy atom. The third kappa shape index (κ3) is 2.33. The van der Waals surface area contributed by atoms with Gasteiger partial charge in [0.1, 0.15) is 0 Å². The van der Waals surface area contributed by atoms with Crippen molar-refractivity contribution in [3.05, 3.63) is 35.9 Å². The third-order valence-electron chi connectivity index (χ3n) is 4.32. The topological polar surface area (TPSA) is 57.7 Å². The Morgan fingerprint density at radius 1 is 1.10 bits per heavy atom. The first-order chi connectivity index (χ1) is 10.1. The highest BCUT2D eigenvalue weighted by atomic mass is 16.2. The molecule has 21 heavy (non-hydrogen) atoms. The van der Waals surface area contributed by atoms with Crippen molar-refractivity contribution in [1.29, 1.82) is 0 Å². The van der Waals surface area contributed by atoms with Gasteiger partial charge < -0.3 is 4.90 Å². The standard InChI is InChI=1S/C16H18N2O3/c1-2-14(19)17-9-12-13(10-17)16(21)18(15(12)20)8-11-6-4-3-5-7-11/h3-7,12-13H,2,8-10H2,1H3. The van der Waals surface area contributed by atoms with Gasteiger partial charge in [0.15, 0.2) is 0 Å². The summed E-state index contributed by atoms with van der Waals surface area (Å²) in [5, 5.41) is 0. The minimum atomic E-state index is -0.350. The van der Waals surface area contributed by atoms with Gasteiger partial charge in [-0.3, -0.25) is 19.3 Å². The Bertz CT molecular complexity index is 560. The lowest BCUT2D eigenvalue weighted by Gasteiger charge is -2.20. The molecule has 0 saturated carbocycles. The summed E-state index contributed by atoms with van der Waals surface area (Å²) in [4.78, 5) is 39.6. The first-order valence-electron chi connectivity index (χ1n) is 7.28. The number of hydrogen-bond acceptors (Lipinski definition) is 3. The van der Waals surface area contributed by atoms with Crippen molar-refractivity contribution in [2.75, 3.05) is 13.1 Å². The second-order valence-corrected chi connectivity index (χ2v) is 5.61. The number of fused-ring (bicyclic) bond motifs is 1.